The zero-order valence-electron chi connectivity index (χ0n) is 21.0. The monoisotopic (exact) mass is 496 g/mol. The van der Waals surface area contributed by atoms with Crippen molar-refractivity contribution in [2.75, 3.05) is 25.1 Å². The molecule has 7 nitrogen and oxygen atoms in total. The summed E-state index contributed by atoms with van der Waals surface area (Å²) < 4.78 is 23.2. The standard InChI is InChI=1S/C30H28N2O5/c1-4-34-25-17-21(18-26(35-5-2)28(25)36-6-3)29(33)31-22-14-11-20(12-15-22)30-32-27-23-10-8-7-9-19(23)13-16-24(27)37-30/h7-18H,4-6H2,1-3H3,(H,31,33). The van der Waals surface area contributed by atoms with E-state index < -0.39 is 0 Å². The number of nitrogens with zero attached hydrogens (tertiary/aromatic N) is 1. The first-order chi connectivity index (χ1) is 18.1. The molecule has 5 rings (SSSR count). The molecule has 1 heterocycles. The van der Waals surface area contributed by atoms with Crippen molar-refractivity contribution in [2.45, 2.75) is 20.8 Å². The summed E-state index contributed by atoms with van der Waals surface area (Å²) in [5, 5.41) is 5.10. The van der Waals surface area contributed by atoms with E-state index in [2.05, 4.69) is 11.4 Å². The number of benzene rings is 4. The van der Waals surface area contributed by atoms with E-state index in [9.17, 15) is 4.79 Å². The van der Waals surface area contributed by atoms with Gasteiger partial charge in [-0.25, -0.2) is 4.98 Å². The van der Waals surface area contributed by atoms with Crippen LogP contribution >= 0.6 is 0 Å². The summed E-state index contributed by atoms with van der Waals surface area (Å²) in [6.45, 7) is 6.97. The molecule has 37 heavy (non-hydrogen) atoms. The maximum Gasteiger partial charge on any atom is 0.255 e. The Morgan fingerprint density at radius 3 is 2.19 bits per heavy atom. The lowest BCUT2D eigenvalue weighted by atomic mass is 10.1. The number of oxazole rings is 1. The Kier molecular flexibility index (Phi) is 6.94. The number of hydrogen-bond donors (Lipinski definition) is 1. The summed E-state index contributed by atoms with van der Waals surface area (Å²) in [7, 11) is 0. The molecule has 0 aliphatic rings. The molecule has 5 aromatic rings. The summed E-state index contributed by atoms with van der Waals surface area (Å²) in [6, 6.07) is 22.8. The molecule has 0 spiro atoms. The molecule has 0 bridgehead atoms. The van der Waals surface area contributed by atoms with Crippen molar-refractivity contribution in [1.82, 2.24) is 4.98 Å². The Morgan fingerprint density at radius 1 is 0.838 bits per heavy atom. The van der Waals surface area contributed by atoms with Crippen LogP contribution in [0, 0.1) is 0 Å². The molecular formula is C30H28N2O5. The number of ether oxygens (including phenoxy) is 3. The zero-order valence-corrected chi connectivity index (χ0v) is 21.0. The van der Waals surface area contributed by atoms with Crippen LogP contribution in [0.15, 0.2) is 77.2 Å². The van der Waals surface area contributed by atoms with Gasteiger partial charge in [-0.15, -0.1) is 0 Å². The number of nitrogens with one attached hydrogen (secondary N) is 1. The first kappa shape index (κ1) is 24.2. The second-order valence-corrected chi connectivity index (χ2v) is 8.28. The van der Waals surface area contributed by atoms with Gasteiger partial charge in [0.05, 0.1) is 19.8 Å². The smallest absolute Gasteiger partial charge is 0.255 e. The van der Waals surface area contributed by atoms with Crippen molar-refractivity contribution in [3.63, 3.8) is 0 Å². The molecule has 0 aliphatic carbocycles. The van der Waals surface area contributed by atoms with Crippen LogP contribution in [0.25, 0.3) is 33.3 Å². The van der Waals surface area contributed by atoms with Crippen molar-refractivity contribution >= 4 is 33.5 Å². The first-order valence-electron chi connectivity index (χ1n) is 12.4. The average molecular weight is 497 g/mol. The van der Waals surface area contributed by atoms with Gasteiger partial charge in [0, 0.05) is 22.2 Å². The molecular weight excluding hydrogens is 468 g/mol. The molecule has 4 aromatic carbocycles. The van der Waals surface area contributed by atoms with Crippen LogP contribution in [-0.2, 0) is 0 Å². The number of anilines is 1. The van der Waals surface area contributed by atoms with Crippen molar-refractivity contribution in [3.05, 3.63) is 78.4 Å². The molecule has 1 amide bonds. The molecule has 0 saturated heterocycles. The highest BCUT2D eigenvalue weighted by Gasteiger charge is 2.19. The number of rotatable bonds is 9. The summed E-state index contributed by atoms with van der Waals surface area (Å²) in [6.07, 6.45) is 0. The SMILES string of the molecule is CCOc1cc(C(=O)Nc2ccc(-c3nc4c(ccc5ccccc54)o3)cc2)cc(OCC)c1OCC. The molecule has 0 fully saturated rings. The topological polar surface area (TPSA) is 82.8 Å². The first-order valence-corrected chi connectivity index (χ1v) is 12.4. The fraction of sp³-hybridized carbons (Fsp3) is 0.200. The minimum atomic E-state index is -0.286. The third-order valence-corrected chi connectivity index (χ3v) is 5.84. The van der Waals surface area contributed by atoms with Crippen LogP contribution in [0.2, 0.25) is 0 Å². The number of carbonyl (C=O) groups excluding carboxylic acids is 1. The summed E-state index contributed by atoms with van der Waals surface area (Å²) >= 11 is 0. The van der Waals surface area contributed by atoms with Gasteiger partial charge in [-0.1, -0.05) is 30.3 Å². The van der Waals surface area contributed by atoms with Crippen LogP contribution in [0.1, 0.15) is 31.1 Å². The highest BCUT2D eigenvalue weighted by molar-refractivity contribution is 6.05. The summed E-state index contributed by atoms with van der Waals surface area (Å²) in [4.78, 5) is 17.8. The van der Waals surface area contributed by atoms with E-state index in [1.165, 1.54) is 0 Å². The largest absolute Gasteiger partial charge is 0.490 e. The fourth-order valence-corrected chi connectivity index (χ4v) is 4.20. The number of hydrogen-bond acceptors (Lipinski definition) is 6. The van der Waals surface area contributed by atoms with Crippen LogP contribution in [0.4, 0.5) is 5.69 Å². The van der Waals surface area contributed by atoms with E-state index in [0.717, 1.165) is 27.4 Å². The highest BCUT2D eigenvalue weighted by Crippen LogP contribution is 2.39. The van der Waals surface area contributed by atoms with E-state index in [1.54, 1.807) is 12.1 Å². The predicted octanol–water partition coefficient (Wildman–Crippen LogP) is 7.10. The summed E-state index contributed by atoms with van der Waals surface area (Å²) in [5.41, 5.74) is 3.43. The zero-order chi connectivity index (χ0) is 25.8. The molecule has 0 saturated carbocycles. The van der Waals surface area contributed by atoms with Gasteiger partial charge in [0.25, 0.3) is 5.91 Å². The Balaban J connectivity index is 1.39. The number of fused-ring (bicyclic) bond motifs is 3. The van der Waals surface area contributed by atoms with Gasteiger partial charge in [0.15, 0.2) is 17.1 Å². The van der Waals surface area contributed by atoms with Crippen molar-refractivity contribution < 1.29 is 23.4 Å². The van der Waals surface area contributed by atoms with Crippen LogP contribution in [0.3, 0.4) is 0 Å². The molecule has 7 heteroatoms. The van der Waals surface area contributed by atoms with E-state index in [4.69, 9.17) is 23.6 Å². The quantitative estimate of drug-likeness (QED) is 0.234. The van der Waals surface area contributed by atoms with Gasteiger partial charge in [-0.3, -0.25) is 4.79 Å². The molecule has 0 atom stereocenters. The minimum absolute atomic E-state index is 0.286. The fourth-order valence-electron chi connectivity index (χ4n) is 4.20. The second-order valence-electron chi connectivity index (χ2n) is 8.28. The Labute approximate surface area is 215 Å². The van der Waals surface area contributed by atoms with Gasteiger partial charge >= 0.3 is 0 Å². The molecule has 0 unspecified atom stereocenters. The van der Waals surface area contributed by atoms with Crippen molar-refractivity contribution in [1.29, 1.82) is 0 Å². The number of aromatic nitrogens is 1. The molecule has 1 N–H and O–H groups in total. The number of carbonyl (C=O) groups is 1. The van der Waals surface area contributed by atoms with Gasteiger partial charge in [-0.2, -0.15) is 0 Å². The maximum atomic E-state index is 13.1. The highest BCUT2D eigenvalue weighted by atomic mass is 16.5. The maximum absolute atomic E-state index is 13.1. The summed E-state index contributed by atoms with van der Waals surface area (Å²) in [5.74, 6) is 1.68. The van der Waals surface area contributed by atoms with Gasteiger partial charge in [0.1, 0.15) is 5.52 Å². The van der Waals surface area contributed by atoms with Crippen molar-refractivity contribution in [3.8, 4) is 28.7 Å². The van der Waals surface area contributed by atoms with Crippen molar-refractivity contribution in [2.24, 2.45) is 0 Å². The second kappa shape index (κ2) is 10.6. The molecule has 1 aromatic heterocycles. The van der Waals surface area contributed by atoms with Crippen LogP contribution in [-0.4, -0.2) is 30.7 Å². The Morgan fingerprint density at radius 2 is 1.51 bits per heavy atom. The van der Waals surface area contributed by atoms with Gasteiger partial charge in [-0.05, 0) is 68.6 Å². The van der Waals surface area contributed by atoms with E-state index >= 15 is 0 Å². The van der Waals surface area contributed by atoms with Gasteiger partial charge in [0.2, 0.25) is 11.6 Å². The Bertz CT molecular complexity index is 1530. The minimum Gasteiger partial charge on any atom is -0.490 e. The number of amides is 1. The van der Waals surface area contributed by atoms with E-state index in [0.29, 0.717) is 54.2 Å². The molecule has 0 radical (unpaired) electrons. The average Bonchev–Trinajstić information content (AvgIpc) is 3.36. The lowest BCUT2D eigenvalue weighted by molar-refractivity contribution is 0.102. The third-order valence-electron chi connectivity index (χ3n) is 5.84. The third kappa shape index (κ3) is 4.93. The normalized spacial score (nSPS) is 11.0. The van der Waals surface area contributed by atoms with Crippen LogP contribution in [0.5, 0.6) is 17.2 Å². The predicted molar refractivity (Wildman–Crippen MR) is 145 cm³/mol. The lowest BCUT2D eigenvalue weighted by Crippen LogP contribution is -2.13. The molecule has 0 aliphatic heterocycles. The lowest BCUT2D eigenvalue weighted by Gasteiger charge is -2.17. The van der Waals surface area contributed by atoms with Gasteiger partial charge < -0.3 is 23.9 Å². The Hall–Kier alpha value is -4.52. The molecule has 188 valence electrons. The van der Waals surface area contributed by atoms with E-state index in [1.807, 2.05) is 75.4 Å². The van der Waals surface area contributed by atoms with E-state index in [-0.39, 0.29) is 5.91 Å². The van der Waals surface area contributed by atoms with Crippen LogP contribution < -0.4 is 19.5 Å².